The number of hydrogen-bond donors (Lipinski definition) is 1. The summed E-state index contributed by atoms with van der Waals surface area (Å²) < 4.78 is 32.5. The van der Waals surface area contributed by atoms with Gasteiger partial charge in [0.15, 0.2) is 0 Å². The van der Waals surface area contributed by atoms with Crippen LogP contribution in [0.2, 0.25) is 0 Å². The number of aromatic nitrogens is 1. The number of pyridine rings is 1. The zero-order valence-corrected chi connectivity index (χ0v) is 15.3. The van der Waals surface area contributed by atoms with Crippen LogP contribution in [0, 0.1) is 23.5 Å². The van der Waals surface area contributed by atoms with E-state index >= 15 is 0 Å². The smallest absolute Gasteiger partial charge is 0.133 e. The molecular weight excluding hydrogens is 350 g/mol. The number of ether oxygens (including phenoxy) is 1. The van der Waals surface area contributed by atoms with Crippen LogP contribution >= 0.6 is 0 Å². The van der Waals surface area contributed by atoms with Gasteiger partial charge in [0.1, 0.15) is 23.1 Å². The van der Waals surface area contributed by atoms with Crippen LogP contribution in [0.5, 0.6) is 11.5 Å². The van der Waals surface area contributed by atoms with Crippen molar-refractivity contribution in [1.82, 2.24) is 9.88 Å². The van der Waals surface area contributed by atoms with E-state index < -0.39 is 11.6 Å². The first-order valence-corrected chi connectivity index (χ1v) is 9.46. The van der Waals surface area contributed by atoms with Crippen LogP contribution in [0.1, 0.15) is 31.4 Å². The molecule has 6 heteroatoms. The van der Waals surface area contributed by atoms with E-state index in [2.05, 4.69) is 16.8 Å². The molecule has 1 saturated heterocycles. The monoisotopic (exact) mass is 374 g/mol. The number of fused-ring (bicyclic) bond motifs is 1. The summed E-state index contributed by atoms with van der Waals surface area (Å²) in [5.74, 6) is 0.679. The zero-order chi connectivity index (χ0) is 19.0. The maximum atomic E-state index is 13.3. The van der Waals surface area contributed by atoms with E-state index in [9.17, 15) is 13.9 Å². The van der Waals surface area contributed by atoms with Gasteiger partial charge >= 0.3 is 0 Å². The Labute approximate surface area is 157 Å². The highest BCUT2D eigenvalue weighted by Crippen LogP contribution is 2.40. The lowest BCUT2D eigenvalue weighted by Crippen LogP contribution is -2.28. The Bertz CT molecular complexity index is 765. The van der Waals surface area contributed by atoms with Crippen molar-refractivity contribution in [3.8, 4) is 11.5 Å². The summed E-state index contributed by atoms with van der Waals surface area (Å²) in [5, 5.41) is 9.37. The summed E-state index contributed by atoms with van der Waals surface area (Å²) >= 11 is 0. The highest BCUT2D eigenvalue weighted by atomic mass is 19.1. The van der Waals surface area contributed by atoms with Gasteiger partial charge in [0.2, 0.25) is 0 Å². The SMILES string of the molecule is CC(CN1C[C@H]2C[C@H](Oc3cc(F)cc(F)c3)C[C@H]2C1)c1ccc(O)cn1. The summed E-state index contributed by atoms with van der Waals surface area (Å²) in [6, 6.07) is 6.90. The molecule has 4 nitrogen and oxygen atoms in total. The molecule has 27 heavy (non-hydrogen) atoms. The minimum atomic E-state index is -0.605. The lowest BCUT2D eigenvalue weighted by molar-refractivity contribution is 0.183. The minimum absolute atomic E-state index is 0.0274. The van der Waals surface area contributed by atoms with Gasteiger partial charge in [-0.05, 0) is 36.8 Å². The van der Waals surface area contributed by atoms with Crippen molar-refractivity contribution in [1.29, 1.82) is 0 Å². The molecule has 1 saturated carbocycles. The lowest BCUT2D eigenvalue weighted by Gasteiger charge is -2.23. The van der Waals surface area contributed by atoms with Crippen molar-refractivity contribution in [2.24, 2.45) is 11.8 Å². The van der Waals surface area contributed by atoms with Crippen molar-refractivity contribution in [2.75, 3.05) is 19.6 Å². The molecule has 0 bridgehead atoms. The van der Waals surface area contributed by atoms with Gasteiger partial charge in [-0.1, -0.05) is 6.92 Å². The fourth-order valence-electron chi connectivity index (χ4n) is 4.55. The summed E-state index contributed by atoms with van der Waals surface area (Å²) in [6.07, 6.45) is 3.36. The molecule has 0 spiro atoms. The first-order chi connectivity index (χ1) is 13.0. The molecule has 2 heterocycles. The Morgan fingerprint density at radius 1 is 1.15 bits per heavy atom. The Balaban J connectivity index is 1.29. The molecule has 2 aromatic rings. The van der Waals surface area contributed by atoms with Crippen LogP contribution < -0.4 is 4.74 Å². The first-order valence-electron chi connectivity index (χ1n) is 9.46. The fourth-order valence-corrected chi connectivity index (χ4v) is 4.55. The molecule has 1 aromatic heterocycles. The molecule has 2 fully saturated rings. The van der Waals surface area contributed by atoms with Crippen molar-refractivity contribution < 1.29 is 18.6 Å². The Kier molecular flexibility index (Phi) is 5.00. The predicted molar refractivity (Wildman–Crippen MR) is 97.7 cm³/mol. The largest absolute Gasteiger partial charge is 0.506 e. The van der Waals surface area contributed by atoms with Crippen LogP contribution in [0.4, 0.5) is 8.78 Å². The van der Waals surface area contributed by atoms with Crippen LogP contribution in [-0.4, -0.2) is 40.7 Å². The predicted octanol–water partition coefficient (Wildman–Crippen LogP) is 3.96. The number of rotatable bonds is 5. The zero-order valence-electron chi connectivity index (χ0n) is 15.3. The van der Waals surface area contributed by atoms with Crippen LogP contribution in [-0.2, 0) is 0 Å². The van der Waals surface area contributed by atoms with E-state index in [1.807, 2.05) is 6.07 Å². The van der Waals surface area contributed by atoms with E-state index in [1.165, 1.54) is 18.3 Å². The number of halogens is 2. The van der Waals surface area contributed by atoms with Gasteiger partial charge in [0.25, 0.3) is 0 Å². The molecule has 2 aliphatic rings. The Morgan fingerprint density at radius 2 is 1.81 bits per heavy atom. The van der Waals surface area contributed by atoms with Crippen molar-refractivity contribution in [3.05, 3.63) is 53.9 Å². The van der Waals surface area contributed by atoms with Gasteiger partial charge in [-0.15, -0.1) is 0 Å². The first kappa shape index (κ1) is 18.2. The number of hydrogen-bond acceptors (Lipinski definition) is 4. The summed E-state index contributed by atoms with van der Waals surface area (Å²) in [4.78, 5) is 6.77. The average molecular weight is 374 g/mol. The number of nitrogens with zero attached hydrogens (tertiary/aromatic N) is 2. The fraction of sp³-hybridized carbons (Fsp3) is 0.476. The van der Waals surface area contributed by atoms with Crippen LogP contribution in [0.15, 0.2) is 36.5 Å². The van der Waals surface area contributed by atoms with E-state index in [0.717, 1.165) is 44.2 Å². The van der Waals surface area contributed by atoms with Crippen LogP contribution in [0.25, 0.3) is 0 Å². The van der Waals surface area contributed by atoms with Crippen molar-refractivity contribution in [3.63, 3.8) is 0 Å². The molecule has 1 aliphatic carbocycles. The van der Waals surface area contributed by atoms with Gasteiger partial charge in [-0.25, -0.2) is 8.78 Å². The number of likely N-dealkylation sites (tertiary alicyclic amines) is 1. The third-order valence-electron chi connectivity index (χ3n) is 5.73. The average Bonchev–Trinajstić information content (AvgIpc) is 3.12. The maximum Gasteiger partial charge on any atom is 0.133 e. The van der Waals surface area contributed by atoms with E-state index in [4.69, 9.17) is 4.74 Å². The summed E-state index contributed by atoms with van der Waals surface area (Å²) in [6.45, 7) is 5.12. The summed E-state index contributed by atoms with van der Waals surface area (Å²) in [5.41, 5.74) is 0.985. The van der Waals surface area contributed by atoms with Crippen LogP contribution in [0.3, 0.4) is 0 Å². The second-order valence-corrected chi connectivity index (χ2v) is 7.90. The Hall–Kier alpha value is -2.21. The standard InChI is InChI=1S/C21H24F2N2O2/c1-13(21-3-2-18(26)9-24-21)10-25-11-14-4-19(5-15(14)12-25)27-20-7-16(22)6-17(23)8-20/h2-3,6-9,13-15,19,26H,4-5,10-12H2,1H3/t13?,14-,15+,19+. The molecule has 1 N–H and O–H groups in total. The van der Waals surface area contributed by atoms with Gasteiger partial charge in [-0.2, -0.15) is 0 Å². The van der Waals surface area contributed by atoms with Crippen molar-refractivity contribution in [2.45, 2.75) is 31.8 Å². The third kappa shape index (κ3) is 4.21. The molecule has 144 valence electrons. The molecule has 1 aromatic carbocycles. The Morgan fingerprint density at radius 3 is 2.41 bits per heavy atom. The van der Waals surface area contributed by atoms with Gasteiger partial charge < -0.3 is 14.7 Å². The topological polar surface area (TPSA) is 45.6 Å². The van der Waals surface area contributed by atoms with Gasteiger partial charge in [0, 0.05) is 49.4 Å². The molecule has 1 unspecified atom stereocenters. The second kappa shape index (κ2) is 7.43. The normalized spacial score (nSPS) is 26.1. The van der Waals surface area contributed by atoms with E-state index in [1.54, 1.807) is 6.07 Å². The highest BCUT2D eigenvalue weighted by molar-refractivity contribution is 5.24. The lowest BCUT2D eigenvalue weighted by atomic mass is 10.0. The number of benzene rings is 1. The van der Waals surface area contributed by atoms with Gasteiger partial charge in [-0.3, -0.25) is 4.98 Å². The summed E-state index contributed by atoms with van der Waals surface area (Å²) in [7, 11) is 0. The highest BCUT2D eigenvalue weighted by Gasteiger charge is 2.42. The molecule has 1 aliphatic heterocycles. The second-order valence-electron chi connectivity index (χ2n) is 7.90. The van der Waals surface area contributed by atoms with Crippen molar-refractivity contribution >= 4 is 0 Å². The molecule has 0 amide bonds. The molecule has 4 atom stereocenters. The van der Waals surface area contributed by atoms with E-state index in [0.29, 0.717) is 17.8 Å². The molecule has 4 rings (SSSR count). The van der Waals surface area contributed by atoms with E-state index in [-0.39, 0.29) is 17.6 Å². The quantitative estimate of drug-likeness (QED) is 0.861. The molecule has 0 radical (unpaired) electrons. The third-order valence-corrected chi connectivity index (χ3v) is 5.73. The number of aromatic hydroxyl groups is 1. The van der Waals surface area contributed by atoms with Gasteiger partial charge in [0.05, 0.1) is 12.3 Å². The molecular formula is C21H24F2N2O2. The maximum absolute atomic E-state index is 13.3. The minimum Gasteiger partial charge on any atom is -0.506 e.